The van der Waals surface area contributed by atoms with E-state index in [1.54, 1.807) is 0 Å². The van der Waals surface area contributed by atoms with E-state index in [9.17, 15) is 4.79 Å². The van der Waals surface area contributed by atoms with E-state index in [1.807, 2.05) is 0 Å². The van der Waals surface area contributed by atoms with Crippen molar-refractivity contribution in [2.45, 2.75) is 44.2 Å². The number of likely N-dealkylation sites (N-methyl/N-ethyl adjacent to an activating group) is 1. The van der Waals surface area contributed by atoms with Crippen molar-refractivity contribution in [3.05, 3.63) is 34.9 Å². The van der Waals surface area contributed by atoms with E-state index < -0.39 is 0 Å². The third-order valence-corrected chi connectivity index (χ3v) is 7.58. The van der Waals surface area contributed by atoms with Gasteiger partial charge in [-0.1, -0.05) is 6.07 Å². The summed E-state index contributed by atoms with van der Waals surface area (Å²) in [6.45, 7) is 8.84. The summed E-state index contributed by atoms with van der Waals surface area (Å²) in [5, 5.41) is 0. The second kappa shape index (κ2) is 7.77. The lowest BCUT2D eigenvalue weighted by molar-refractivity contribution is 0.0571. The number of carbonyl (C=O) groups is 1. The number of hydrogen-bond donors (Lipinski definition) is 0. The number of amides is 1. The summed E-state index contributed by atoms with van der Waals surface area (Å²) in [6.07, 6.45) is 6.04. The highest BCUT2D eigenvalue weighted by Crippen LogP contribution is 2.28. The Morgan fingerprint density at radius 1 is 0.893 bits per heavy atom. The lowest BCUT2D eigenvalue weighted by Gasteiger charge is -2.40. The molecule has 152 valence electrons. The van der Waals surface area contributed by atoms with Gasteiger partial charge in [0.15, 0.2) is 0 Å². The van der Waals surface area contributed by atoms with Crippen LogP contribution >= 0.6 is 0 Å². The third kappa shape index (κ3) is 3.60. The Morgan fingerprint density at radius 3 is 2.54 bits per heavy atom. The van der Waals surface area contributed by atoms with Crippen LogP contribution in [0.5, 0.6) is 0 Å². The SMILES string of the molecule is CN1CCN(C2CCc3cc(C(=O)N4CCN5CCC[C@@H]5C4)ccc3C2)CC1. The molecule has 0 radical (unpaired) electrons. The van der Waals surface area contributed by atoms with Crippen molar-refractivity contribution in [1.82, 2.24) is 19.6 Å². The van der Waals surface area contributed by atoms with E-state index in [-0.39, 0.29) is 5.91 Å². The van der Waals surface area contributed by atoms with Gasteiger partial charge in [0.2, 0.25) is 0 Å². The first kappa shape index (κ1) is 18.6. The number of hydrogen-bond acceptors (Lipinski definition) is 4. The van der Waals surface area contributed by atoms with E-state index in [4.69, 9.17) is 0 Å². The predicted molar refractivity (Wildman–Crippen MR) is 112 cm³/mol. The zero-order chi connectivity index (χ0) is 19.1. The Hall–Kier alpha value is -1.43. The standard InChI is InChI=1S/C23H34N4O/c1-24-9-11-26(12-10-24)21-7-6-18-15-20(5-4-19(18)16-21)23(28)27-14-13-25-8-2-3-22(25)17-27/h4-5,15,21-22H,2-3,6-14,16-17H2,1H3/t21?,22-/m1/s1. The van der Waals surface area contributed by atoms with Crippen LogP contribution in [0.2, 0.25) is 0 Å². The molecule has 3 fully saturated rings. The second-order valence-electron chi connectivity index (χ2n) is 9.30. The summed E-state index contributed by atoms with van der Waals surface area (Å²) >= 11 is 0. The molecule has 5 heteroatoms. The number of fused-ring (bicyclic) bond motifs is 2. The van der Waals surface area contributed by atoms with Crippen molar-refractivity contribution < 1.29 is 4.79 Å². The van der Waals surface area contributed by atoms with Crippen LogP contribution in [0.3, 0.4) is 0 Å². The summed E-state index contributed by atoms with van der Waals surface area (Å²) in [5.41, 5.74) is 3.78. The average molecular weight is 383 g/mol. The fourth-order valence-electron chi connectivity index (χ4n) is 5.73. The largest absolute Gasteiger partial charge is 0.336 e. The van der Waals surface area contributed by atoms with Gasteiger partial charge in [-0.05, 0) is 69.0 Å². The van der Waals surface area contributed by atoms with E-state index in [1.165, 1.54) is 63.1 Å². The first-order valence-corrected chi connectivity index (χ1v) is 11.2. The molecular weight excluding hydrogens is 348 g/mol. The minimum atomic E-state index is 0.246. The van der Waals surface area contributed by atoms with Crippen molar-refractivity contribution in [1.29, 1.82) is 0 Å². The number of aryl methyl sites for hydroxylation is 1. The normalized spacial score (nSPS) is 29.5. The fourth-order valence-corrected chi connectivity index (χ4v) is 5.73. The molecule has 4 aliphatic rings. The average Bonchev–Trinajstić information content (AvgIpc) is 3.21. The molecule has 5 nitrogen and oxygen atoms in total. The van der Waals surface area contributed by atoms with Crippen molar-refractivity contribution in [3.8, 4) is 0 Å². The molecule has 1 aliphatic carbocycles. The molecule has 0 bridgehead atoms. The smallest absolute Gasteiger partial charge is 0.253 e. The number of carbonyl (C=O) groups excluding carboxylic acids is 1. The van der Waals surface area contributed by atoms with Crippen LogP contribution in [-0.2, 0) is 12.8 Å². The summed E-state index contributed by atoms with van der Waals surface area (Å²) in [7, 11) is 2.22. The van der Waals surface area contributed by atoms with Crippen LogP contribution < -0.4 is 0 Å². The number of nitrogens with zero attached hydrogens (tertiary/aromatic N) is 4. The number of benzene rings is 1. The van der Waals surface area contributed by atoms with E-state index in [2.05, 4.69) is 44.8 Å². The second-order valence-corrected chi connectivity index (χ2v) is 9.30. The highest BCUT2D eigenvalue weighted by molar-refractivity contribution is 5.94. The topological polar surface area (TPSA) is 30.0 Å². The lowest BCUT2D eigenvalue weighted by atomic mass is 9.86. The first-order valence-electron chi connectivity index (χ1n) is 11.2. The van der Waals surface area contributed by atoms with Gasteiger partial charge in [0.1, 0.15) is 0 Å². The van der Waals surface area contributed by atoms with Crippen LogP contribution in [0.15, 0.2) is 18.2 Å². The maximum Gasteiger partial charge on any atom is 0.253 e. The van der Waals surface area contributed by atoms with Crippen LogP contribution in [0.4, 0.5) is 0 Å². The van der Waals surface area contributed by atoms with Gasteiger partial charge in [-0.2, -0.15) is 0 Å². The molecule has 1 aromatic rings. The van der Waals surface area contributed by atoms with Crippen LogP contribution in [0.25, 0.3) is 0 Å². The summed E-state index contributed by atoms with van der Waals surface area (Å²) in [4.78, 5) is 22.9. The van der Waals surface area contributed by atoms with Crippen LogP contribution in [0, 0.1) is 0 Å². The quantitative estimate of drug-likeness (QED) is 0.779. The van der Waals surface area contributed by atoms with Crippen molar-refractivity contribution >= 4 is 5.91 Å². The zero-order valence-electron chi connectivity index (χ0n) is 17.3. The van der Waals surface area contributed by atoms with Gasteiger partial charge >= 0.3 is 0 Å². The molecule has 3 aliphatic heterocycles. The molecule has 0 spiro atoms. The summed E-state index contributed by atoms with van der Waals surface area (Å²) in [6, 6.07) is 7.82. The highest BCUT2D eigenvalue weighted by Gasteiger charge is 2.33. The molecular formula is C23H34N4O. The molecule has 3 saturated heterocycles. The Morgan fingerprint density at radius 2 is 1.68 bits per heavy atom. The molecule has 28 heavy (non-hydrogen) atoms. The minimum Gasteiger partial charge on any atom is -0.336 e. The zero-order valence-corrected chi connectivity index (χ0v) is 17.3. The van der Waals surface area contributed by atoms with Crippen LogP contribution in [0.1, 0.15) is 40.7 Å². The van der Waals surface area contributed by atoms with Crippen LogP contribution in [-0.4, -0.2) is 97.0 Å². The predicted octanol–water partition coefficient (Wildman–Crippen LogP) is 1.71. The van der Waals surface area contributed by atoms with E-state index in [0.717, 1.165) is 38.0 Å². The van der Waals surface area contributed by atoms with Crippen molar-refractivity contribution in [2.75, 3.05) is 59.4 Å². The van der Waals surface area contributed by atoms with E-state index in [0.29, 0.717) is 12.1 Å². The molecule has 1 unspecified atom stereocenters. The number of piperazine rings is 2. The summed E-state index contributed by atoms with van der Waals surface area (Å²) < 4.78 is 0. The van der Waals surface area contributed by atoms with Gasteiger partial charge < -0.3 is 9.80 Å². The molecule has 0 N–H and O–H groups in total. The molecule has 1 amide bonds. The minimum absolute atomic E-state index is 0.246. The maximum absolute atomic E-state index is 13.1. The van der Waals surface area contributed by atoms with Gasteiger partial charge in [0.05, 0.1) is 0 Å². The monoisotopic (exact) mass is 382 g/mol. The number of rotatable bonds is 2. The molecule has 0 saturated carbocycles. The fraction of sp³-hybridized carbons (Fsp3) is 0.696. The Bertz CT molecular complexity index is 727. The van der Waals surface area contributed by atoms with Crippen molar-refractivity contribution in [2.24, 2.45) is 0 Å². The van der Waals surface area contributed by atoms with E-state index >= 15 is 0 Å². The Balaban J connectivity index is 1.25. The molecule has 2 atom stereocenters. The molecule has 3 heterocycles. The third-order valence-electron chi connectivity index (χ3n) is 7.58. The summed E-state index contributed by atoms with van der Waals surface area (Å²) in [5.74, 6) is 0.246. The van der Waals surface area contributed by atoms with Gasteiger partial charge in [0.25, 0.3) is 5.91 Å². The lowest BCUT2D eigenvalue weighted by Crippen LogP contribution is -2.52. The van der Waals surface area contributed by atoms with Gasteiger partial charge in [-0.25, -0.2) is 0 Å². The molecule has 1 aromatic carbocycles. The Labute approximate surface area is 169 Å². The molecule has 0 aromatic heterocycles. The molecule has 5 rings (SSSR count). The maximum atomic E-state index is 13.1. The first-order chi connectivity index (χ1) is 13.7. The van der Waals surface area contributed by atoms with Gasteiger partial charge in [-0.15, -0.1) is 0 Å². The highest BCUT2D eigenvalue weighted by atomic mass is 16.2. The van der Waals surface area contributed by atoms with Gasteiger partial charge in [-0.3, -0.25) is 14.6 Å². The van der Waals surface area contributed by atoms with Crippen molar-refractivity contribution in [3.63, 3.8) is 0 Å². The Kier molecular flexibility index (Phi) is 5.16. The van der Waals surface area contributed by atoms with Gasteiger partial charge in [0, 0.05) is 63.5 Å².